The molecular formula is C7H17LiOSi. The van der Waals surface area contributed by atoms with Crippen LogP contribution >= 0.6 is 0 Å². The van der Waals surface area contributed by atoms with Crippen molar-refractivity contribution in [2.45, 2.75) is 31.7 Å². The molecule has 0 aromatic rings. The predicted molar refractivity (Wildman–Crippen MR) is 49.0 cm³/mol. The molecule has 0 amide bonds. The fraction of sp³-hybridized carbons (Fsp3) is 1.00. The average Bonchev–Trinajstić information content (AvgIpc) is 1.81. The van der Waals surface area contributed by atoms with Gasteiger partial charge in [0.1, 0.15) is 0 Å². The van der Waals surface area contributed by atoms with Gasteiger partial charge in [-0.2, -0.15) is 0 Å². The second-order valence-corrected chi connectivity index (χ2v) is 8.45. The zero-order valence-electron chi connectivity index (χ0n) is 7.90. The van der Waals surface area contributed by atoms with Crippen LogP contribution in [0.5, 0.6) is 0 Å². The molecule has 10 heavy (non-hydrogen) atoms. The van der Waals surface area contributed by atoms with Crippen LogP contribution in [0.25, 0.3) is 0 Å². The average molecular weight is 152 g/mol. The molecule has 56 valence electrons. The van der Waals surface area contributed by atoms with Crippen molar-refractivity contribution in [2.75, 3.05) is 6.61 Å². The van der Waals surface area contributed by atoms with E-state index in [1.807, 2.05) is 0 Å². The number of hydrogen-bond acceptors (Lipinski definition) is 1. The summed E-state index contributed by atoms with van der Waals surface area (Å²) < 4.78 is 5.72. The third kappa shape index (κ3) is 6.89. The van der Waals surface area contributed by atoms with E-state index in [0.29, 0.717) is 0 Å². The van der Waals surface area contributed by atoms with Crippen LogP contribution < -0.4 is 0 Å². The van der Waals surface area contributed by atoms with Gasteiger partial charge in [0.2, 0.25) is 0 Å². The Kier molecular flexibility index (Phi) is 4.97. The molecule has 0 saturated carbocycles. The first kappa shape index (κ1) is 10.8. The molecular weight excluding hydrogens is 135 g/mol. The van der Waals surface area contributed by atoms with Crippen molar-refractivity contribution >= 4 is 26.0 Å². The second-order valence-electron chi connectivity index (χ2n) is 3.94. The van der Waals surface area contributed by atoms with Gasteiger partial charge in [0.15, 0.2) is 0 Å². The van der Waals surface area contributed by atoms with Gasteiger partial charge in [-0.3, -0.25) is 0 Å². The van der Waals surface area contributed by atoms with Crippen LogP contribution in [0.1, 0.15) is 6.92 Å². The van der Waals surface area contributed by atoms with Gasteiger partial charge in [-0.1, -0.05) is 0 Å². The van der Waals surface area contributed by atoms with Crippen LogP contribution in [0.3, 0.4) is 0 Å². The van der Waals surface area contributed by atoms with Crippen molar-refractivity contribution in [3.05, 3.63) is 0 Å². The van der Waals surface area contributed by atoms with Gasteiger partial charge in [0.25, 0.3) is 0 Å². The van der Waals surface area contributed by atoms with Crippen LogP contribution in [0.2, 0.25) is 24.7 Å². The molecule has 0 aliphatic rings. The molecule has 0 bridgehead atoms. The third-order valence-corrected chi connectivity index (χ3v) is 2.53. The first-order chi connectivity index (χ1) is 4.45. The van der Waals surface area contributed by atoms with Crippen molar-refractivity contribution in [3.8, 4) is 0 Å². The Balaban J connectivity index is 3.36. The van der Waals surface area contributed by atoms with Gasteiger partial charge >= 0.3 is 74.6 Å². The molecule has 0 aromatic heterocycles. The van der Waals surface area contributed by atoms with Gasteiger partial charge < -0.3 is 0 Å². The van der Waals surface area contributed by atoms with Gasteiger partial charge in [0, 0.05) is 0 Å². The molecule has 1 atom stereocenters. The molecule has 1 nitrogen and oxygen atoms in total. The first-order valence-electron chi connectivity index (χ1n) is 4.09. The summed E-state index contributed by atoms with van der Waals surface area (Å²) in [6, 6.07) is 0. The Morgan fingerprint density at radius 1 is 1.40 bits per heavy atom. The molecule has 3 heteroatoms. The van der Waals surface area contributed by atoms with E-state index in [2.05, 4.69) is 44.3 Å². The van der Waals surface area contributed by atoms with Crippen LogP contribution in [0.15, 0.2) is 0 Å². The Morgan fingerprint density at radius 2 is 1.90 bits per heavy atom. The monoisotopic (exact) mass is 152 g/mol. The SMILES string of the molecule is [Li][CH2]C(C)CO[Si](C)(C)C. The standard InChI is InChI=1S/C7H17OSi.Li/c1-7(2)6-8-9(3,4)5;/h7H,1,6H2,2-5H3;. The molecule has 0 N–H and O–H groups in total. The Labute approximate surface area is 74.9 Å². The zero-order valence-corrected chi connectivity index (χ0v) is 8.90. The summed E-state index contributed by atoms with van der Waals surface area (Å²) in [6.07, 6.45) is 0. The van der Waals surface area contributed by atoms with E-state index < -0.39 is 8.32 Å². The van der Waals surface area contributed by atoms with E-state index in [4.69, 9.17) is 4.43 Å². The van der Waals surface area contributed by atoms with Crippen LogP contribution in [-0.2, 0) is 4.43 Å². The summed E-state index contributed by atoms with van der Waals surface area (Å²) in [5.74, 6) is 0.728. The van der Waals surface area contributed by atoms with E-state index in [1.165, 1.54) is 5.09 Å². The van der Waals surface area contributed by atoms with E-state index in [9.17, 15) is 0 Å². The predicted octanol–water partition coefficient (Wildman–Crippen LogP) is 2.06. The van der Waals surface area contributed by atoms with Crippen LogP contribution in [0, 0.1) is 5.92 Å². The molecule has 0 heterocycles. The van der Waals surface area contributed by atoms with Crippen LogP contribution in [-0.4, -0.2) is 32.6 Å². The molecule has 0 saturated heterocycles. The topological polar surface area (TPSA) is 9.23 Å². The third-order valence-electron chi connectivity index (χ3n) is 1.50. The summed E-state index contributed by atoms with van der Waals surface area (Å²) in [4.78, 5) is 0. The maximum absolute atomic E-state index is 5.72. The molecule has 0 aliphatic carbocycles. The number of rotatable bonds is 4. The minimum atomic E-state index is -1.24. The van der Waals surface area contributed by atoms with E-state index in [1.54, 1.807) is 0 Å². The van der Waals surface area contributed by atoms with Gasteiger partial charge in [-0.05, 0) is 0 Å². The molecule has 0 radical (unpaired) electrons. The molecule has 0 aromatic carbocycles. The van der Waals surface area contributed by atoms with Crippen molar-refractivity contribution < 1.29 is 4.43 Å². The number of hydrogen-bond donors (Lipinski definition) is 0. The van der Waals surface area contributed by atoms with Crippen LogP contribution in [0.4, 0.5) is 0 Å². The summed E-state index contributed by atoms with van der Waals surface area (Å²) >= 11 is 2.21. The minimum absolute atomic E-state index is 0.728. The van der Waals surface area contributed by atoms with Gasteiger partial charge in [-0.15, -0.1) is 0 Å². The maximum atomic E-state index is 5.72. The van der Waals surface area contributed by atoms with Gasteiger partial charge in [-0.25, -0.2) is 0 Å². The first-order valence-corrected chi connectivity index (χ1v) is 7.50. The summed E-state index contributed by atoms with van der Waals surface area (Å²) in [5, 5.41) is 1.23. The van der Waals surface area contributed by atoms with Crippen molar-refractivity contribution in [3.63, 3.8) is 0 Å². The normalized spacial score (nSPS) is 15.4. The van der Waals surface area contributed by atoms with Crippen molar-refractivity contribution in [2.24, 2.45) is 5.92 Å². The summed E-state index contributed by atoms with van der Waals surface area (Å²) in [6.45, 7) is 9.88. The molecule has 0 fully saturated rings. The molecule has 0 spiro atoms. The Morgan fingerprint density at radius 3 is 2.20 bits per heavy atom. The molecule has 0 aliphatic heterocycles. The van der Waals surface area contributed by atoms with E-state index >= 15 is 0 Å². The fourth-order valence-electron chi connectivity index (χ4n) is 0.510. The summed E-state index contributed by atoms with van der Waals surface area (Å²) in [5.41, 5.74) is 0. The zero-order chi connectivity index (χ0) is 8.20. The van der Waals surface area contributed by atoms with E-state index in [-0.39, 0.29) is 0 Å². The van der Waals surface area contributed by atoms with E-state index in [0.717, 1.165) is 12.5 Å². The second kappa shape index (κ2) is 4.61. The summed E-state index contributed by atoms with van der Waals surface area (Å²) in [7, 11) is -1.24. The molecule has 0 rings (SSSR count). The van der Waals surface area contributed by atoms with Crippen molar-refractivity contribution in [1.29, 1.82) is 0 Å². The van der Waals surface area contributed by atoms with Gasteiger partial charge in [0.05, 0.1) is 0 Å². The van der Waals surface area contributed by atoms with Crippen molar-refractivity contribution in [1.82, 2.24) is 0 Å². The Hall–Kier alpha value is 0.774. The fourth-order valence-corrected chi connectivity index (χ4v) is 1.29. The molecule has 1 unspecified atom stereocenters. The quantitative estimate of drug-likeness (QED) is 0.560. The Bertz CT molecular complexity index is 90.1.